The fourth-order valence-electron chi connectivity index (χ4n) is 9.02. The molecule has 0 N–H and O–H groups in total. The molecule has 1 aliphatic rings. The summed E-state index contributed by atoms with van der Waals surface area (Å²) in [7, 11) is 0. The molecule has 0 spiro atoms. The minimum Gasteiger partial charge on any atom is -0.247 e. The second-order valence-corrected chi connectivity index (χ2v) is 16.0. The van der Waals surface area contributed by atoms with E-state index in [4.69, 9.17) is 15.0 Å². The van der Waals surface area contributed by atoms with Crippen LogP contribution < -0.4 is 0 Å². The molecule has 278 valence electrons. The SMILES string of the molecule is CC1(C)c2ccccc2-c2nc3ccccc3c(-c3ccc(-c4ccc5cc(-c6cc(-c7ccc(-c8ccccc8)cc7)nc(-c7ccccc7)n6)ccc5c4)cc3)c21. The van der Waals surface area contributed by atoms with Crippen molar-refractivity contribution < 1.29 is 0 Å². The van der Waals surface area contributed by atoms with Crippen molar-refractivity contribution in [2.75, 3.05) is 0 Å². The van der Waals surface area contributed by atoms with Gasteiger partial charge in [0.05, 0.1) is 22.6 Å². The maximum atomic E-state index is 5.24. The predicted octanol–water partition coefficient (Wildman–Crippen LogP) is 14.5. The summed E-state index contributed by atoms with van der Waals surface area (Å²) in [5.41, 5.74) is 17.9. The van der Waals surface area contributed by atoms with Crippen LogP contribution in [0.25, 0.3) is 100 Å². The van der Waals surface area contributed by atoms with Gasteiger partial charge in [0, 0.05) is 33.1 Å². The van der Waals surface area contributed by atoms with Crippen molar-refractivity contribution in [3.8, 4) is 78.5 Å². The van der Waals surface area contributed by atoms with Crippen molar-refractivity contribution in [3.63, 3.8) is 0 Å². The summed E-state index contributed by atoms with van der Waals surface area (Å²) >= 11 is 0. The zero-order chi connectivity index (χ0) is 39.5. The van der Waals surface area contributed by atoms with E-state index in [2.05, 4.69) is 190 Å². The lowest BCUT2D eigenvalue weighted by atomic mass is 9.78. The van der Waals surface area contributed by atoms with Crippen LogP contribution in [0.3, 0.4) is 0 Å². The predicted molar refractivity (Wildman–Crippen MR) is 245 cm³/mol. The molecule has 3 nitrogen and oxygen atoms in total. The van der Waals surface area contributed by atoms with E-state index < -0.39 is 0 Å². The molecule has 0 amide bonds. The van der Waals surface area contributed by atoms with Crippen molar-refractivity contribution in [2.45, 2.75) is 19.3 Å². The number of rotatable bonds is 6. The maximum absolute atomic E-state index is 5.24. The second kappa shape index (κ2) is 13.9. The van der Waals surface area contributed by atoms with Crippen molar-refractivity contribution in [1.29, 1.82) is 0 Å². The lowest BCUT2D eigenvalue weighted by Gasteiger charge is -2.25. The van der Waals surface area contributed by atoms with Gasteiger partial charge in [-0.3, -0.25) is 0 Å². The number of nitrogens with zero attached hydrogens (tertiary/aromatic N) is 3. The highest BCUT2D eigenvalue weighted by molar-refractivity contribution is 6.02. The average Bonchev–Trinajstić information content (AvgIpc) is 3.53. The first-order chi connectivity index (χ1) is 29.0. The van der Waals surface area contributed by atoms with E-state index in [1.165, 1.54) is 60.8 Å². The quantitative estimate of drug-likeness (QED) is 0.170. The molecule has 0 fully saturated rings. The zero-order valence-electron chi connectivity index (χ0n) is 32.9. The lowest BCUT2D eigenvalue weighted by Crippen LogP contribution is -2.16. The Labute approximate surface area is 344 Å². The monoisotopic (exact) mass is 753 g/mol. The lowest BCUT2D eigenvalue weighted by molar-refractivity contribution is 0.662. The Morgan fingerprint density at radius 3 is 1.61 bits per heavy atom. The van der Waals surface area contributed by atoms with Crippen LogP contribution in [0, 0.1) is 0 Å². The highest BCUT2D eigenvalue weighted by Gasteiger charge is 2.39. The Morgan fingerprint density at radius 1 is 0.373 bits per heavy atom. The first kappa shape index (κ1) is 34.7. The smallest absolute Gasteiger partial charge is 0.160 e. The standard InChI is InChI=1S/C56H39N3/c1-56(2)48-19-11-9-17-46(48)54-53(56)52(47-18-10-12-20-49(47)57-54)40-27-23-38(24-28-40)42-29-30-44-34-45(32-31-43(44)33-42)51-35-50(58-55(59-51)41-15-7-4-8-16-41)39-25-21-37(22-26-39)36-13-5-3-6-14-36/h3-35H,1-2H3. The van der Waals surface area contributed by atoms with Gasteiger partial charge in [-0.1, -0.05) is 190 Å². The fourth-order valence-corrected chi connectivity index (χ4v) is 9.02. The van der Waals surface area contributed by atoms with Crippen LogP contribution in [0.5, 0.6) is 0 Å². The number of hydrogen-bond acceptors (Lipinski definition) is 3. The molecule has 0 aliphatic heterocycles. The van der Waals surface area contributed by atoms with Crippen LogP contribution in [0.2, 0.25) is 0 Å². The summed E-state index contributed by atoms with van der Waals surface area (Å²) in [6.45, 7) is 4.67. The third-order valence-electron chi connectivity index (χ3n) is 12.1. The summed E-state index contributed by atoms with van der Waals surface area (Å²) in [4.78, 5) is 15.4. The van der Waals surface area contributed by atoms with Crippen LogP contribution in [0.15, 0.2) is 200 Å². The largest absolute Gasteiger partial charge is 0.247 e. The maximum Gasteiger partial charge on any atom is 0.160 e. The number of hydrogen-bond donors (Lipinski definition) is 0. The van der Waals surface area contributed by atoms with Gasteiger partial charge >= 0.3 is 0 Å². The molecule has 2 aromatic heterocycles. The van der Waals surface area contributed by atoms with Gasteiger partial charge in [-0.15, -0.1) is 0 Å². The minimum atomic E-state index is -0.168. The first-order valence-corrected chi connectivity index (χ1v) is 20.3. The van der Waals surface area contributed by atoms with Crippen LogP contribution in [-0.2, 0) is 5.41 Å². The minimum absolute atomic E-state index is 0.168. The molecule has 0 radical (unpaired) electrons. The Hall–Kier alpha value is -7.49. The van der Waals surface area contributed by atoms with E-state index in [0.717, 1.165) is 44.7 Å². The first-order valence-electron chi connectivity index (χ1n) is 20.3. The van der Waals surface area contributed by atoms with Crippen molar-refractivity contribution in [3.05, 3.63) is 211 Å². The number of pyridine rings is 1. The van der Waals surface area contributed by atoms with E-state index in [1.807, 2.05) is 24.3 Å². The Bertz CT molecular complexity index is 3200. The van der Waals surface area contributed by atoms with Crippen LogP contribution in [0.1, 0.15) is 25.0 Å². The van der Waals surface area contributed by atoms with E-state index in [-0.39, 0.29) is 5.41 Å². The second-order valence-electron chi connectivity index (χ2n) is 16.0. The van der Waals surface area contributed by atoms with Gasteiger partial charge in [0.25, 0.3) is 0 Å². The Morgan fingerprint density at radius 2 is 0.881 bits per heavy atom. The molecule has 59 heavy (non-hydrogen) atoms. The van der Waals surface area contributed by atoms with Crippen molar-refractivity contribution in [1.82, 2.24) is 15.0 Å². The van der Waals surface area contributed by atoms with Crippen LogP contribution >= 0.6 is 0 Å². The summed E-state index contributed by atoms with van der Waals surface area (Å²) in [5.74, 6) is 0.710. The summed E-state index contributed by atoms with van der Waals surface area (Å²) < 4.78 is 0. The molecular weight excluding hydrogens is 715 g/mol. The molecule has 0 atom stereocenters. The van der Waals surface area contributed by atoms with Gasteiger partial charge in [-0.25, -0.2) is 15.0 Å². The topological polar surface area (TPSA) is 38.7 Å². The van der Waals surface area contributed by atoms with Crippen molar-refractivity contribution in [2.24, 2.45) is 0 Å². The summed E-state index contributed by atoms with van der Waals surface area (Å²) in [6, 6.07) is 71.3. The number of para-hydroxylation sites is 1. The molecule has 3 heteroatoms. The number of aromatic nitrogens is 3. The molecule has 10 aromatic rings. The van der Waals surface area contributed by atoms with E-state index >= 15 is 0 Å². The van der Waals surface area contributed by atoms with Gasteiger partial charge < -0.3 is 0 Å². The van der Waals surface area contributed by atoms with E-state index in [9.17, 15) is 0 Å². The number of benzene rings is 8. The average molecular weight is 754 g/mol. The van der Waals surface area contributed by atoms with E-state index in [1.54, 1.807) is 0 Å². The highest BCUT2D eigenvalue weighted by atomic mass is 14.9. The van der Waals surface area contributed by atoms with E-state index in [0.29, 0.717) is 5.82 Å². The summed E-state index contributed by atoms with van der Waals surface area (Å²) in [6.07, 6.45) is 0. The summed E-state index contributed by atoms with van der Waals surface area (Å²) in [5, 5.41) is 3.54. The number of fused-ring (bicyclic) bond motifs is 5. The molecule has 8 aromatic carbocycles. The Balaban J connectivity index is 0.941. The van der Waals surface area contributed by atoms with Crippen molar-refractivity contribution >= 4 is 21.7 Å². The molecule has 0 unspecified atom stereocenters. The normalized spacial score (nSPS) is 12.7. The van der Waals surface area contributed by atoms with Gasteiger partial charge in [-0.2, -0.15) is 0 Å². The molecule has 11 rings (SSSR count). The van der Waals surface area contributed by atoms with Gasteiger partial charge in [0.15, 0.2) is 5.82 Å². The van der Waals surface area contributed by atoms with Gasteiger partial charge in [-0.05, 0) is 79.5 Å². The zero-order valence-corrected chi connectivity index (χ0v) is 32.9. The molecule has 0 saturated heterocycles. The molecule has 1 aliphatic carbocycles. The fraction of sp³-hybridized carbons (Fsp3) is 0.0536. The Kier molecular flexibility index (Phi) is 8.16. The third-order valence-corrected chi connectivity index (χ3v) is 12.1. The van der Waals surface area contributed by atoms with Gasteiger partial charge in [0.1, 0.15) is 0 Å². The highest BCUT2D eigenvalue weighted by Crippen LogP contribution is 2.53. The molecule has 0 saturated carbocycles. The third kappa shape index (κ3) is 6.02. The van der Waals surface area contributed by atoms with Gasteiger partial charge in [0.2, 0.25) is 0 Å². The molecule has 0 bridgehead atoms. The van der Waals surface area contributed by atoms with Crippen LogP contribution in [0.4, 0.5) is 0 Å². The molecule has 2 heterocycles. The van der Waals surface area contributed by atoms with Crippen LogP contribution in [-0.4, -0.2) is 15.0 Å². The molecular formula is C56H39N3.